The fourth-order valence-electron chi connectivity index (χ4n) is 1.93. The number of aliphatic carboxylic acids is 1. The van der Waals surface area contributed by atoms with Crippen molar-refractivity contribution in [1.29, 1.82) is 0 Å². The zero-order valence-electron chi connectivity index (χ0n) is 11.4. The molecule has 1 N–H and O–H groups in total. The van der Waals surface area contributed by atoms with Crippen molar-refractivity contribution in [2.45, 2.75) is 18.8 Å². The number of rotatable bonds is 7. The summed E-state index contributed by atoms with van der Waals surface area (Å²) in [6.45, 7) is 1.70. The lowest BCUT2D eigenvalue weighted by Gasteiger charge is -2.27. The molecule has 1 unspecified atom stereocenters. The van der Waals surface area contributed by atoms with Crippen molar-refractivity contribution in [2.75, 3.05) is 20.3 Å². The van der Waals surface area contributed by atoms with Gasteiger partial charge >= 0.3 is 11.9 Å². The highest BCUT2D eigenvalue weighted by Gasteiger charge is 2.49. The van der Waals surface area contributed by atoms with Crippen molar-refractivity contribution in [2.24, 2.45) is 0 Å². The Balaban J connectivity index is 3.31. The summed E-state index contributed by atoms with van der Waals surface area (Å²) >= 11 is 0. The van der Waals surface area contributed by atoms with Gasteiger partial charge in [0.15, 0.2) is 5.41 Å². The number of halogens is 1. The first-order valence-electron chi connectivity index (χ1n) is 6.14. The summed E-state index contributed by atoms with van der Waals surface area (Å²) in [5.74, 6) is -2.74. The van der Waals surface area contributed by atoms with Crippen molar-refractivity contribution < 1.29 is 28.6 Å². The summed E-state index contributed by atoms with van der Waals surface area (Å²) in [4.78, 5) is 23.8. The van der Waals surface area contributed by atoms with E-state index in [4.69, 9.17) is 9.47 Å². The predicted octanol–water partition coefficient (Wildman–Crippen LogP) is 1.75. The Morgan fingerprint density at radius 3 is 2.35 bits per heavy atom. The van der Waals surface area contributed by atoms with Crippen LogP contribution in [0.1, 0.15) is 18.9 Å². The zero-order chi connectivity index (χ0) is 15.2. The average molecular weight is 284 g/mol. The highest BCUT2D eigenvalue weighted by Crippen LogP contribution is 2.31. The predicted molar refractivity (Wildman–Crippen MR) is 68.8 cm³/mol. The second-order valence-electron chi connectivity index (χ2n) is 4.18. The zero-order valence-corrected chi connectivity index (χ0v) is 11.4. The van der Waals surface area contributed by atoms with E-state index in [-0.39, 0.29) is 25.2 Å². The minimum atomic E-state index is -1.89. The molecule has 0 saturated carbocycles. The molecule has 0 aliphatic heterocycles. The third kappa shape index (κ3) is 3.14. The molecule has 5 nitrogen and oxygen atoms in total. The first kappa shape index (κ1) is 16.1. The van der Waals surface area contributed by atoms with Crippen LogP contribution in [-0.4, -0.2) is 37.4 Å². The van der Waals surface area contributed by atoms with Crippen LogP contribution in [0.25, 0.3) is 0 Å². The number of carbonyl (C=O) groups is 2. The van der Waals surface area contributed by atoms with Gasteiger partial charge < -0.3 is 14.6 Å². The maximum Gasteiger partial charge on any atom is 0.328 e. The first-order chi connectivity index (χ1) is 9.48. The summed E-state index contributed by atoms with van der Waals surface area (Å²) in [7, 11) is 1.41. The molecule has 0 amide bonds. The van der Waals surface area contributed by atoms with Crippen molar-refractivity contribution in [1.82, 2.24) is 0 Å². The van der Waals surface area contributed by atoms with E-state index in [9.17, 15) is 19.1 Å². The van der Waals surface area contributed by atoms with Gasteiger partial charge in [0.25, 0.3) is 0 Å². The Bertz CT molecular complexity index is 471. The lowest BCUT2D eigenvalue weighted by Crippen LogP contribution is -2.46. The summed E-state index contributed by atoms with van der Waals surface area (Å²) in [6.07, 6.45) is -0.0939. The van der Waals surface area contributed by atoms with Crippen LogP contribution in [0.5, 0.6) is 0 Å². The molecule has 0 bridgehead atoms. The topological polar surface area (TPSA) is 72.8 Å². The number of methoxy groups -OCH3 is 1. The number of carboxylic acids is 1. The van der Waals surface area contributed by atoms with Crippen LogP contribution in [0.4, 0.5) is 4.39 Å². The lowest BCUT2D eigenvalue weighted by molar-refractivity contribution is -0.162. The Morgan fingerprint density at radius 1 is 1.30 bits per heavy atom. The van der Waals surface area contributed by atoms with Crippen LogP contribution in [0, 0.1) is 5.82 Å². The standard InChI is InChI=1S/C14H17FO5/c1-3-20-13(18)14(12(16)17,8-9-19-2)10-4-6-11(15)7-5-10/h4-7H,3,8-9H2,1-2H3,(H,16,17). The molecule has 0 fully saturated rings. The summed E-state index contributed by atoms with van der Waals surface area (Å²) in [5.41, 5.74) is -1.72. The van der Waals surface area contributed by atoms with E-state index in [1.54, 1.807) is 6.92 Å². The van der Waals surface area contributed by atoms with Gasteiger partial charge in [-0.15, -0.1) is 0 Å². The molecule has 110 valence electrons. The third-order valence-corrected chi connectivity index (χ3v) is 3.01. The minimum Gasteiger partial charge on any atom is -0.480 e. The van der Waals surface area contributed by atoms with Gasteiger partial charge in [0.05, 0.1) is 6.61 Å². The van der Waals surface area contributed by atoms with Crippen LogP contribution in [0.2, 0.25) is 0 Å². The lowest BCUT2D eigenvalue weighted by atomic mass is 9.77. The number of esters is 1. The summed E-state index contributed by atoms with van der Waals surface area (Å²) in [6, 6.07) is 4.77. The smallest absolute Gasteiger partial charge is 0.328 e. The van der Waals surface area contributed by atoms with Crippen molar-refractivity contribution in [3.05, 3.63) is 35.6 Å². The average Bonchev–Trinajstić information content (AvgIpc) is 2.41. The van der Waals surface area contributed by atoms with E-state index in [2.05, 4.69) is 0 Å². The summed E-state index contributed by atoms with van der Waals surface area (Å²) in [5, 5.41) is 9.52. The van der Waals surface area contributed by atoms with E-state index < -0.39 is 23.2 Å². The van der Waals surface area contributed by atoms with Gasteiger partial charge in [-0.2, -0.15) is 0 Å². The van der Waals surface area contributed by atoms with Gasteiger partial charge in [-0.05, 0) is 24.6 Å². The largest absolute Gasteiger partial charge is 0.480 e. The van der Waals surface area contributed by atoms with Crippen molar-refractivity contribution in [3.63, 3.8) is 0 Å². The van der Waals surface area contributed by atoms with Gasteiger partial charge in [0.1, 0.15) is 5.82 Å². The minimum absolute atomic E-state index is 0.0576. The van der Waals surface area contributed by atoms with E-state index >= 15 is 0 Å². The highest BCUT2D eigenvalue weighted by molar-refractivity contribution is 6.05. The van der Waals surface area contributed by atoms with Gasteiger partial charge in [0, 0.05) is 20.1 Å². The quantitative estimate of drug-likeness (QED) is 0.610. The van der Waals surface area contributed by atoms with E-state index in [0.29, 0.717) is 0 Å². The maximum absolute atomic E-state index is 13.0. The van der Waals surface area contributed by atoms with E-state index in [0.717, 1.165) is 12.1 Å². The molecule has 0 saturated heterocycles. The molecule has 20 heavy (non-hydrogen) atoms. The van der Waals surface area contributed by atoms with Crippen molar-refractivity contribution >= 4 is 11.9 Å². The number of carboxylic acid groups (broad SMARTS) is 1. The van der Waals surface area contributed by atoms with Crippen LogP contribution in [-0.2, 0) is 24.5 Å². The maximum atomic E-state index is 13.0. The molecule has 6 heteroatoms. The van der Waals surface area contributed by atoms with Gasteiger partial charge in [-0.1, -0.05) is 12.1 Å². The molecule has 0 aliphatic rings. The molecule has 0 spiro atoms. The highest BCUT2D eigenvalue weighted by atomic mass is 19.1. The Labute approximate surface area is 116 Å². The third-order valence-electron chi connectivity index (χ3n) is 3.01. The fraction of sp³-hybridized carbons (Fsp3) is 0.429. The van der Waals surface area contributed by atoms with Gasteiger partial charge in [0.2, 0.25) is 0 Å². The molecular formula is C14H17FO5. The second kappa shape index (κ2) is 7.00. The molecule has 0 heterocycles. The molecule has 0 aliphatic carbocycles. The van der Waals surface area contributed by atoms with Gasteiger partial charge in [-0.25, -0.2) is 4.39 Å². The normalized spacial score (nSPS) is 13.6. The molecule has 1 aromatic carbocycles. The molecular weight excluding hydrogens is 267 g/mol. The van der Waals surface area contributed by atoms with Crippen LogP contribution in [0.3, 0.4) is 0 Å². The first-order valence-corrected chi connectivity index (χ1v) is 6.14. The molecule has 1 rings (SSSR count). The van der Waals surface area contributed by atoms with Gasteiger partial charge in [-0.3, -0.25) is 9.59 Å². The second-order valence-corrected chi connectivity index (χ2v) is 4.18. The Morgan fingerprint density at radius 2 is 1.90 bits per heavy atom. The van der Waals surface area contributed by atoms with E-state index in [1.807, 2.05) is 0 Å². The summed E-state index contributed by atoms with van der Waals surface area (Å²) < 4.78 is 22.7. The molecule has 0 radical (unpaired) electrons. The van der Waals surface area contributed by atoms with Crippen LogP contribution < -0.4 is 0 Å². The molecule has 0 aromatic heterocycles. The molecule has 1 atom stereocenters. The SMILES string of the molecule is CCOC(=O)C(CCOC)(C(=O)O)c1ccc(F)cc1. The fourth-order valence-corrected chi connectivity index (χ4v) is 1.93. The van der Waals surface area contributed by atoms with Crippen LogP contribution >= 0.6 is 0 Å². The van der Waals surface area contributed by atoms with E-state index in [1.165, 1.54) is 19.2 Å². The number of hydrogen-bond acceptors (Lipinski definition) is 4. The Hall–Kier alpha value is -1.95. The number of benzene rings is 1. The number of hydrogen-bond donors (Lipinski definition) is 1. The number of carbonyl (C=O) groups excluding carboxylic acids is 1. The van der Waals surface area contributed by atoms with Crippen LogP contribution in [0.15, 0.2) is 24.3 Å². The monoisotopic (exact) mass is 284 g/mol. The van der Waals surface area contributed by atoms with Crippen molar-refractivity contribution in [3.8, 4) is 0 Å². The Kier molecular flexibility index (Phi) is 5.64. The number of ether oxygens (including phenoxy) is 2. The molecule has 1 aromatic rings.